The Balaban J connectivity index is 1.65. The normalized spacial score (nSPS) is 14.4. The first-order valence-corrected chi connectivity index (χ1v) is 9.68. The van der Waals surface area contributed by atoms with Gasteiger partial charge in [0.05, 0.1) is 31.0 Å². The molecule has 30 heavy (non-hydrogen) atoms. The van der Waals surface area contributed by atoms with Crippen molar-refractivity contribution in [1.29, 1.82) is 0 Å². The second kappa shape index (κ2) is 10.2. The van der Waals surface area contributed by atoms with Gasteiger partial charge in [-0.1, -0.05) is 6.07 Å². The molecule has 2 heterocycles. The zero-order valence-corrected chi connectivity index (χ0v) is 16.7. The highest BCUT2D eigenvalue weighted by molar-refractivity contribution is 5.97. The standard InChI is InChI=1S/C21H24F2N4O3/c1-26(7-5-15-4-2-3-6-24-15)21(29)16-12-19(18(23)13-17(16)22)25-20(28)14-27-8-10-30-11-9-27/h2-4,6,12-13H,5,7-11,14H2,1H3,(H,25,28). The number of carbonyl (C=O) groups excluding carboxylic acids is 2. The summed E-state index contributed by atoms with van der Waals surface area (Å²) in [6, 6.07) is 7.13. The predicted molar refractivity (Wildman–Crippen MR) is 107 cm³/mol. The van der Waals surface area contributed by atoms with Crippen LogP contribution < -0.4 is 5.32 Å². The van der Waals surface area contributed by atoms with E-state index in [1.165, 1.54) is 11.9 Å². The average Bonchev–Trinajstić information content (AvgIpc) is 2.75. The van der Waals surface area contributed by atoms with E-state index >= 15 is 0 Å². The van der Waals surface area contributed by atoms with Gasteiger partial charge in [0.2, 0.25) is 5.91 Å². The number of halogens is 2. The Labute approximate surface area is 173 Å². The molecule has 0 spiro atoms. The maximum absolute atomic E-state index is 14.3. The number of aromatic nitrogens is 1. The fourth-order valence-electron chi connectivity index (χ4n) is 3.10. The Bertz CT molecular complexity index is 889. The van der Waals surface area contributed by atoms with Crippen molar-refractivity contribution in [1.82, 2.24) is 14.8 Å². The summed E-state index contributed by atoms with van der Waals surface area (Å²) >= 11 is 0. The summed E-state index contributed by atoms with van der Waals surface area (Å²) in [5, 5.41) is 2.43. The molecule has 0 bridgehead atoms. The highest BCUT2D eigenvalue weighted by atomic mass is 19.1. The lowest BCUT2D eigenvalue weighted by Gasteiger charge is -2.25. The fraction of sp³-hybridized carbons (Fsp3) is 0.381. The molecular formula is C21H24F2N4O3. The number of hydrogen-bond acceptors (Lipinski definition) is 5. The summed E-state index contributed by atoms with van der Waals surface area (Å²) in [6.45, 7) is 2.64. The maximum atomic E-state index is 14.3. The van der Waals surface area contributed by atoms with Gasteiger partial charge in [0.25, 0.3) is 5.91 Å². The number of amides is 2. The molecule has 0 atom stereocenters. The first-order chi connectivity index (χ1) is 14.4. The summed E-state index contributed by atoms with van der Waals surface area (Å²) in [5.74, 6) is -2.96. The van der Waals surface area contributed by atoms with Gasteiger partial charge in [0, 0.05) is 51.1 Å². The van der Waals surface area contributed by atoms with E-state index in [0.29, 0.717) is 45.3 Å². The number of rotatable bonds is 7. The topological polar surface area (TPSA) is 74.8 Å². The second-order valence-electron chi connectivity index (χ2n) is 7.05. The molecular weight excluding hydrogens is 394 g/mol. The molecule has 3 rings (SSSR count). The minimum Gasteiger partial charge on any atom is -0.379 e. The highest BCUT2D eigenvalue weighted by Gasteiger charge is 2.21. The molecule has 0 aliphatic carbocycles. The van der Waals surface area contributed by atoms with Crippen molar-refractivity contribution < 1.29 is 23.1 Å². The summed E-state index contributed by atoms with van der Waals surface area (Å²) < 4.78 is 33.7. The Morgan fingerprint density at radius 3 is 2.67 bits per heavy atom. The molecule has 1 aliphatic rings. The molecule has 1 aromatic heterocycles. The van der Waals surface area contributed by atoms with Crippen LogP contribution in [-0.2, 0) is 16.0 Å². The third kappa shape index (κ3) is 5.80. The zero-order chi connectivity index (χ0) is 21.5. The first-order valence-electron chi connectivity index (χ1n) is 9.68. The smallest absolute Gasteiger partial charge is 0.256 e. The molecule has 9 heteroatoms. The van der Waals surface area contributed by atoms with Crippen molar-refractivity contribution >= 4 is 17.5 Å². The van der Waals surface area contributed by atoms with Gasteiger partial charge in [-0.2, -0.15) is 0 Å². The summed E-state index contributed by atoms with van der Waals surface area (Å²) in [6.07, 6.45) is 2.15. The Hall–Kier alpha value is -2.91. The molecule has 1 N–H and O–H groups in total. The van der Waals surface area contributed by atoms with Gasteiger partial charge in [-0.25, -0.2) is 8.78 Å². The van der Waals surface area contributed by atoms with Crippen LogP contribution in [0.1, 0.15) is 16.1 Å². The number of nitrogens with one attached hydrogen (secondary N) is 1. The van der Waals surface area contributed by atoms with Gasteiger partial charge >= 0.3 is 0 Å². The van der Waals surface area contributed by atoms with Crippen molar-refractivity contribution in [2.75, 3.05) is 51.8 Å². The second-order valence-corrected chi connectivity index (χ2v) is 7.05. The van der Waals surface area contributed by atoms with Gasteiger partial charge in [0.15, 0.2) is 0 Å². The van der Waals surface area contributed by atoms with Gasteiger partial charge in [-0.15, -0.1) is 0 Å². The van der Waals surface area contributed by atoms with Crippen LogP contribution in [0, 0.1) is 11.6 Å². The van der Waals surface area contributed by atoms with Crippen molar-refractivity contribution in [2.24, 2.45) is 0 Å². The van der Waals surface area contributed by atoms with Gasteiger partial charge in [-0.05, 0) is 18.2 Å². The number of carbonyl (C=O) groups is 2. The number of benzene rings is 1. The van der Waals surface area contributed by atoms with E-state index in [9.17, 15) is 18.4 Å². The Morgan fingerprint density at radius 2 is 1.97 bits per heavy atom. The van der Waals surface area contributed by atoms with Crippen molar-refractivity contribution in [3.63, 3.8) is 0 Å². The lowest BCUT2D eigenvalue weighted by molar-refractivity contribution is -0.118. The van der Waals surface area contributed by atoms with E-state index in [-0.39, 0.29) is 17.8 Å². The molecule has 160 valence electrons. The van der Waals surface area contributed by atoms with Crippen molar-refractivity contribution in [2.45, 2.75) is 6.42 Å². The quantitative estimate of drug-likeness (QED) is 0.744. The first kappa shape index (κ1) is 21.8. The van der Waals surface area contributed by atoms with Gasteiger partial charge in [0.1, 0.15) is 11.6 Å². The van der Waals surface area contributed by atoms with Crippen LogP contribution in [0.4, 0.5) is 14.5 Å². The number of nitrogens with zero attached hydrogens (tertiary/aromatic N) is 3. The van der Waals surface area contributed by atoms with Crippen LogP contribution in [0.2, 0.25) is 0 Å². The minimum absolute atomic E-state index is 0.0629. The summed E-state index contributed by atoms with van der Waals surface area (Å²) in [5.41, 5.74) is 0.269. The van der Waals surface area contributed by atoms with Crippen LogP contribution in [0.3, 0.4) is 0 Å². The van der Waals surface area contributed by atoms with Crippen molar-refractivity contribution in [3.05, 3.63) is 59.4 Å². The molecule has 1 fully saturated rings. The molecule has 0 saturated carbocycles. The molecule has 2 aromatic rings. The van der Waals surface area contributed by atoms with Crippen LogP contribution >= 0.6 is 0 Å². The maximum Gasteiger partial charge on any atom is 0.256 e. The summed E-state index contributed by atoms with van der Waals surface area (Å²) in [4.78, 5) is 32.3. The lowest BCUT2D eigenvalue weighted by atomic mass is 10.1. The van der Waals surface area contributed by atoms with Gasteiger partial charge < -0.3 is 15.0 Å². The molecule has 7 nitrogen and oxygen atoms in total. The molecule has 0 unspecified atom stereocenters. The minimum atomic E-state index is -0.978. The third-order valence-electron chi connectivity index (χ3n) is 4.81. The third-order valence-corrected chi connectivity index (χ3v) is 4.81. The highest BCUT2D eigenvalue weighted by Crippen LogP contribution is 2.21. The zero-order valence-electron chi connectivity index (χ0n) is 16.7. The fourth-order valence-corrected chi connectivity index (χ4v) is 3.10. The van der Waals surface area contributed by atoms with Gasteiger partial charge in [-0.3, -0.25) is 19.5 Å². The molecule has 1 aliphatic heterocycles. The van der Waals surface area contributed by atoms with E-state index < -0.39 is 23.4 Å². The SMILES string of the molecule is CN(CCc1ccccn1)C(=O)c1cc(NC(=O)CN2CCOCC2)c(F)cc1F. The number of ether oxygens (including phenoxy) is 1. The Kier molecular flexibility index (Phi) is 7.42. The lowest BCUT2D eigenvalue weighted by Crippen LogP contribution is -2.41. The number of hydrogen-bond donors (Lipinski definition) is 1. The predicted octanol–water partition coefficient (Wildman–Crippen LogP) is 1.95. The van der Waals surface area contributed by atoms with E-state index in [4.69, 9.17) is 4.74 Å². The number of morpholine rings is 1. The number of likely N-dealkylation sites (N-methyl/N-ethyl adjacent to an activating group) is 1. The van der Waals surface area contributed by atoms with E-state index in [2.05, 4.69) is 10.3 Å². The molecule has 0 radical (unpaired) electrons. The number of pyridine rings is 1. The van der Waals surface area contributed by atoms with E-state index in [1.807, 2.05) is 17.0 Å². The van der Waals surface area contributed by atoms with Crippen LogP contribution in [0.15, 0.2) is 36.5 Å². The Morgan fingerprint density at radius 1 is 1.20 bits per heavy atom. The van der Waals surface area contributed by atoms with Crippen LogP contribution in [0.25, 0.3) is 0 Å². The molecule has 2 amide bonds. The van der Waals surface area contributed by atoms with E-state index in [1.54, 1.807) is 12.3 Å². The average molecular weight is 418 g/mol. The van der Waals surface area contributed by atoms with Crippen LogP contribution in [-0.4, -0.2) is 73.0 Å². The molecule has 1 aromatic carbocycles. The largest absolute Gasteiger partial charge is 0.379 e. The van der Waals surface area contributed by atoms with Crippen LogP contribution in [0.5, 0.6) is 0 Å². The molecule has 1 saturated heterocycles. The summed E-state index contributed by atoms with van der Waals surface area (Å²) in [7, 11) is 1.53. The number of anilines is 1. The van der Waals surface area contributed by atoms with Crippen molar-refractivity contribution in [3.8, 4) is 0 Å². The monoisotopic (exact) mass is 418 g/mol. The van der Waals surface area contributed by atoms with E-state index in [0.717, 1.165) is 11.8 Å².